The molecule has 4 aromatic rings. The predicted octanol–water partition coefficient (Wildman–Crippen LogP) is 4.73. The van der Waals surface area contributed by atoms with E-state index in [1.54, 1.807) is 6.07 Å². The van der Waals surface area contributed by atoms with Crippen LogP contribution in [0.3, 0.4) is 0 Å². The number of nitrogens with zero attached hydrogens (tertiary/aromatic N) is 2. The second-order valence-corrected chi connectivity index (χ2v) is 7.13. The number of benzene rings is 2. The summed E-state index contributed by atoms with van der Waals surface area (Å²) in [5.41, 5.74) is 1.51. The van der Waals surface area contributed by atoms with Gasteiger partial charge in [-0.2, -0.15) is 0 Å². The molecule has 0 radical (unpaired) electrons. The molecule has 28 heavy (non-hydrogen) atoms. The minimum absolute atomic E-state index is 0.110. The quantitative estimate of drug-likeness (QED) is 0.526. The van der Waals surface area contributed by atoms with E-state index >= 15 is 0 Å². The second kappa shape index (κ2) is 7.75. The number of aromatic nitrogens is 2. The first kappa shape index (κ1) is 18.1. The van der Waals surface area contributed by atoms with Crippen LogP contribution in [0.25, 0.3) is 21.7 Å². The van der Waals surface area contributed by atoms with E-state index in [1.165, 1.54) is 23.5 Å². The van der Waals surface area contributed by atoms with Crippen LogP contribution in [-0.2, 0) is 0 Å². The molecule has 4 rings (SSSR count). The highest BCUT2D eigenvalue weighted by Crippen LogP contribution is 2.31. The maximum atomic E-state index is 12.5. The lowest BCUT2D eigenvalue weighted by Gasteiger charge is -2.04. The van der Waals surface area contributed by atoms with Gasteiger partial charge in [0, 0.05) is 11.6 Å². The van der Waals surface area contributed by atoms with Gasteiger partial charge in [0.1, 0.15) is 0 Å². The van der Waals surface area contributed by atoms with E-state index in [-0.39, 0.29) is 10.9 Å². The average Bonchev–Trinajstić information content (AvgIpc) is 3.16. The second-order valence-electron chi connectivity index (χ2n) is 5.74. The topological polar surface area (TPSA) is 85.1 Å². The van der Waals surface area contributed by atoms with Gasteiger partial charge in [-0.05, 0) is 23.3 Å². The zero-order valence-electron chi connectivity index (χ0n) is 14.3. The van der Waals surface area contributed by atoms with Crippen LogP contribution in [0.2, 0.25) is 5.02 Å². The van der Waals surface area contributed by atoms with Crippen molar-refractivity contribution in [3.05, 3.63) is 87.9 Å². The SMILES string of the molecule is O=C(Nc1nnc(-c2ccccc2Cl)s1)c1cc(-c2ccccc2)cc(=O)o1. The highest BCUT2D eigenvalue weighted by molar-refractivity contribution is 7.18. The van der Waals surface area contributed by atoms with Crippen molar-refractivity contribution in [1.29, 1.82) is 0 Å². The van der Waals surface area contributed by atoms with Crippen LogP contribution in [0.5, 0.6) is 0 Å². The van der Waals surface area contributed by atoms with E-state index in [9.17, 15) is 9.59 Å². The van der Waals surface area contributed by atoms with Gasteiger partial charge in [0.05, 0.1) is 5.02 Å². The normalized spacial score (nSPS) is 10.6. The van der Waals surface area contributed by atoms with E-state index in [0.29, 0.717) is 15.6 Å². The number of carbonyl (C=O) groups excluding carboxylic acids is 1. The number of hydrogen-bond acceptors (Lipinski definition) is 6. The Morgan fingerprint density at radius 1 is 0.964 bits per heavy atom. The number of carbonyl (C=O) groups is 1. The summed E-state index contributed by atoms with van der Waals surface area (Å²) in [5, 5.41) is 12.0. The fraction of sp³-hybridized carbons (Fsp3) is 0. The van der Waals surface area contributed by atoms with E-state index in [1.807, 2.05) is 48.5 Å². The average molecular weight is 410 g/mol. The first-order valence-corrected chi connectivity index (χ1v) is 9.40. The van der Waals surface area contributed by atoms with Crippen molar-refractivity contribution < 1.29 is 9.21 Å². The molecule has 138 valence electrons. The third kappa shape index (κ3) is 3.85. The Kier molecular flexibility index (Phi) is 5.01. The summed E-state index contributed by atoms with van der Waals surface area (Å²) >= 11 is 7.33. The van der Waals surface area contributed by atoms with Gasteiger partial charge in [0.25, 0.3) is 5.91 Å². The van der Waals surface area contributed by atoms with Gasteiger partial charge in [-0.25, -0.2) is 4.79 Å². The molecule has 6 nitrogen and oxygen atoms in total. The zero-order valence-corrected chi connectivity index (χ0v) is 15.8. The molecule has 2 aromatic heterocycles. The summed E-state index contributed by atoms with van der Waals surface area (Å²) < 4.78 is 5.05. The number of nitrogens with one attached hydrogen (secondary N) is 1. The highest BCUT2D eigenvalue weighted by Gasteiger charge is 2.16. The summed E-state index contributed by atoms with van der Waals surface area (Å²) in [6, 6.07) is 19.3. The molecule has 0 atom stereocenters. The number of halogens is 1. The molecule has 0 spiro atoms. The van der Waals surface area contributed by atoms with Gasteiger partial charge in [-0.3, -0.25) is 10.1 Å². The standard InChI is InChI=1S/C20H12ClN3O3S/c21-15-9-5-4-8-14(15)19-23-24-20(28-19)22-18(26)16-10-13(11-17(25)27-16)12-6-2-1-3-7-12/h1-11H,(H,22,24,26). The fourth-order valence-corrected chi connectivity index (χ4v) is 3.62. The van der Waals surface area contributed by atoms with Crippen molar-refractivity contribution in [1.82, 2.24) is 10.2 Å². The van der Waals surface area contributed by atoms with Crippen LogP contribution >= 0.6 is 22.9 Å². The van der Waals surface area contributed by atoms with Crippen molar-refractivity contribution in [2.75, 3.05) is 5.32 Å². The summed E-state index contributed by atoms with van der Waals surface area (Å²) in [6.45, 7) is 0. The van der Waals surface area contributed by atoms with Crippen LogP contribution in [0.4, 0.5) is 5.13 Å². The fourth-order valence-electron chi connectivity index (χ4n) is 2.56. The summed E-state index contributed by atoms with van der Waals surface area (Å²) in [6.07, 6.45) is 0. The van der Waals surface area contributed by atoms with E-state index < -0.39 is 11.5 Å². The molecule has 1 N–H and O–H groups in total. The molecule has 2 aromatic carbocycles. The van der Waals surface area contributed by atoms with Crippen molar-refractivity contribution in [3.8, 4) is 21.7 Å². The first-order valence-electron chi connectivity index (χ1n) is 8.20. The largest absolute Gasteiger partial charge is 0.417 e. The van der Waals surface area contributed by atoms with E-state index in [0.717, 1.165) is 11.1 Å². The third-order valence-electron chi connectivity index (χ3n) is 3.85. The number of amides is 1. The molecule has 1 amide bonds. The lowest BCUT2D eigenvalue weighted by molar-refractivity contribution is 0.0992. The van der Waals surface area contributed by atoms with E-state index in [4.69, 9.17) is 16.0 Å². The molecule has 0 aliphatic carbocycles. The van der Waals surface area contributed by atoms with Gasteiger partial charge in [-0.15, -0.1) is 10.2 Å². The molecule has 0 aliphatic heterocycles. The Hall–Kier alpha value is -3.29. The summed E-state index contributed by atoms with van der Waals surface area (Å²) in [5.74, 6) is -0.697. The molecule has 0 bridgehead atoms. The van der Waals surface area contributed by atoms with Crippen molar-refractivity contribution in [2.45, 2.75) is 0 Å². The van der Waals surface area contributed by atoms with Crippen LogP contribution < -0.4 is 10.9 Å². The minimum Gasteiger partial charge on any atom is -0.417 e. The lowest BCUT2D eigenvalue weighted by atomic mass is 10.1. The van der Waals surface area contributed by atoms with Crippen LogP contribution in [0.1, 0.15) is 10.6 Å². The van der Waals surface area contributed by atoms with Gasteiger partial charge in [-0.1, -0.05) is 71.5 Å². The van der Waals surface area contributed by atoms with Crippen LogP contribution in [0.15, 0.2) is 75.9 Å². The van der Waals surface area contributed by atoms with Crippen LogP contribution in [0, 0.1) is 0 Å². The molecule has 0 saturated heterocycles. The molecule has 8 heteroatoms. The van der Waals surface area contributed by atoms with Crippen molar-refractivity contribution >= 4 is 34.0 Å². The zero-order chi connectivity index (χ0) is 19.5. The number of rotatable bonds is 4. The monoisotopic (exact) mass is 409 g/mol. The summed E-state index contributed by atoms with van der Waals surface area (Å²) in [4.78, 5) is 24.4. The van der Waals surface area contributed by atoms with Gasteiger partial charge < -0.3 is 4.42 Å². The van der Waals surface area contributed by atoms with Crippen LogP contribution in [-0.4, -0.2) is 16.1 Å². The molecule has 0 saturated carbocycles. The van der Waals surface area contributed by atoms with Crippen molar-refractivity contribution in [2.24, 2.45) is 0 Å². The van der Waals surface area contributed by atoms with Crippen molar-refractivity contribution in [3.63, 3.8) is 0 Å². The molecule has 0 unspecified atom stereocenters. The third-order valence-corrected chi connectivity index (χ3v) is 5.05. The smallest absolute Gasteiger partial charge is 0.336 e. The maximum absolute atomic E-state index is 12.5. The Labute approximate surface area is 168 Å². The summed E-state index contributed by atoms with van der Waals surface area (Å²) in [7, 11) is 0. The molecule has 0 fully saturated rings. The molecular formula is C20H12ClN3O3S. The Bertz CT molecular complexity index is 1200. The minimum atomic E-state index is -0.611. The first-order chi connectivity index (χ1) is 13.6. The Morgan fingerprint density at radius 2 is 1.71 bits per heavy atom. The Balaban J connectivity index is 1.59. The molecule has 0 aliphatic rings. The van der Waals surface area contributed by atoms with Gasteiger partial charge in [0.2, 0.25) is 5.13 Å². The van der Waals surface area contributed by atoms with Gasteiger partial charge >= 0.3 is 5.63 Å². The van der Waals surface area contributed by atoms with Gasteiger partial charge in [0.15, 0.2) is 10.8 Å². The molecule has 2 heterocycles. The number of hydrogen-bond donors (Lipinski definition) is 1. The van der Waals surface area contributed by atoms with E-state index in [2.05, 4.69) is 15.5 Å². The number of anilines is 1. The Morgan fingerprint density at radius 3 is 2.50 bits per heavy atom. The lowest BCUT2D eigenvalue weighted by Crippen LogP contribution is -2.14. The highest BCUT2D eigenvalue weighted by atomic mass is 35.5. The maximum Gasteiger partial charge on any atom is 0.336 e. The predicted molar refractivity (Wildman–Crippen MR) is 109 cm³/mol. The molecular weight excluding hydrogens is 398 g/mol.